The topological polar surface area (TPSA) is 49.4 Å². The Morgan fingerprint density at radius 2 is 1.75 bits per heavy atom. The van der Waals surface area contributed by atoms with Crippen LogP contribution in [0, 0.1) is 6.92 Å². The van der Waals surface area contributed by atoms with Crippen LogP contribution in [0.3, 0.4) is 0 Å². The summed E-state index contributed by atoms with van der Waals surface area (Å²) in [6, 6.07) is 22.0. The fourth-order valence-electron chi connectivity index (χ4n) is 3.57. The summed E-state index contributed by atoms with van der Waals surface area (Å²) in [5.74, 6) is -0.430. The van der Waals surface area contributed by atoms with Crippen molar-refractivity contribution in [2.75, 3.05) is 11.9 Å². The van der Waals surface area contributed by atoms with Gasteiger partial charge in [-0.25, -0.2) is 0 Å². The van der Waals surface area contributed by atoms with E-state index in [0.717, 1.165) is 22.4 Å². The van der Waals surface area contributed by atoms with E-state index >= 15 is 0 Å². The highest BCUT2D eigenvalue weighted by molar-refractivity contribution is 6.30. The molecule has 1 heterocycles. The molecule has 0 saturated carbocycles. The van der Waals surface area contributed by atoms with Crippen molar-refractivity contribution in [2.24, 2.45) is 0 Å². The summed E-state index contributed by atoms with van der Waals surface area (Å²) in [6.45, 7) is 1.97. The molecule has 5 heteroatoms. The number of amides is 2. The predicted octanol–water partition coefficient (Wildman–Crippen LogP) is 4.83. The molecular formula is C23H19ClN2O2. The van der Waals surface area contributed by atoms with Crippen LogP contribution in [0.2, 0.25) is 5.02 Å². The fraction of sp³-hybridized carbons (Fsp3) is 0.130. The van der Waals surface area contributed by atoms with Gasteiger partial charge >= 0.3 is 0 Å². The number of rotatable bonds is 2. The lowest BCUT2D eigenvalue weighted by atomic mass is 9.94. The van der Waals surface area contributed by atoms with Gasteiger partial charge < -0.3 is 10.2 Å². The van der Waals surface area contributed by atoms with Crippen molar-refractivity contribution in [3.05, 3.63) is 100 Å². The number of nitrogens with one attached hydrogen (secondary N) is 1. The second-order valence-electron chi connectivity index (χ2n) is 6.89. The Morgan fingerprint density at radius 1 is 1.04 bits per heavy atom. The zero-order valence-corrected chi connectivity index (χ0v) is 16.1. The van der Waals surface area contributed by atoms with Gasteiger partial charge in [0.2, 0.25) is 5.91 Å². The third-order valence-corrected chi connectivity index (χ3v) is 5.12. The molecule has 1 aliphatic heterocycles. The highest BCUT2D eigenvalue weighted by Gasteiger charge is 2.33. The summed E-state index contributed by atoms with van der Waals surface area (Å²) in [4.78, 5) is 27.6. The summed E-state index contributed by atoms with van der Waals surface area (Å²) in [5, 5.41) is 3.50. The first-order valence-corrected chi connectivity index (χ1v) is 9.42. The number of aryl methyl sites for hydroxylation is 1. The molecule has 0 unspecified atom stereocenters. The standard InChI is InChI=1S/C23H19ClN2O2/c1-15-7-12-20-19(13-15)22(16-5-3-2-4-6-16)26(14-21(27)25-20)23(28)17-8-10-18(24)11-9-17/h2-13,22H,14H2,1H3,(H,25,27)/t22-/m1/s1. The van der Waals surface area contributed by atoms with Crippen molar-refractivity contribution in [3.63, 3.8) is 0 Å². The maximum Gasteiger partial charge on any atom is 0.255 e. The van der Waals surface area contributed by atoms with Crippen LogP contribution in [0.4, 0.5) is 5.69 Å². The van der Waals surface area contributed by atoms with Gasteiger partial charge in [-0.3, -0.25) is 9.59 Å². The molecule has 0 radical (unpaired) electrons. The first kappa shape index (κ1) is 18.3. The van der Waals surface area contributed by atoms with Crippen LogP contribution in [0.1, 0.15) is 33.1 Å². The number of nitrogens with zero attached hydrogens (tertiary/aromatic N) is 1. The van der Waals surface area contributed by atoms with Crippen molar-refractivity contribution in [1.29, 1.82) is 0 Å². The predicted molar refractivity (Wildman–Crippen MR) is 111 cm³/mol. The number of fused-ring (bicyclic) bond motifs is 1. The van der Waals surface area contributed by atoms with Gasteiger partial charge in [0.1, 0.15) is 6.54 Å². The Balaban J connectivity index is 1.88. The zero-order valence-electron chi connectivity index (χ0n) is 15.4. The molecule has 1 aliphatic rings. The molecule has 0 saturated heterocycles. The molecule has 0 fully saturated rings. The third-order valence-electron chi connectivity index (χ3n) is 4.87. The number of halogens is 1. The van der Waals surface area contributed by atoms with Gasteiger partial charge in [-0.15, -0.1) is 0 Å². The molecule has 4 rings (SSSR count). The number of hydrogen-bond donors (Lipinski definition) is 1. The molecule has 4 nitrogen and oxygen atoms in total. The normalized spacial score (nSPS) is 16.1. The highest BCUT2D eigenvalue weighted by Crippen LogP contribution is 2.37. The average molecular weight is 391 g/mol. The van der Waals surface area contributed by atoms with Crippen LogP contribution in [0.25, 0.3) is 0 Å². The fourth-order valence-corrected chi connectivity index (χ4v) is 3.69. The lowest BCUT2D eigenvalue weighted by molar-refractivity contribution is -0.117. The number of anilines is 1. The Morgan fingerprint density at radius 3 is 2.46 bits per heavy atom. The van der Waals surface area contributed by atoms with Gasteiger partial charge in [-0.2, -0.15) is 0 Å². The molecule has 0 aromatic heterocycles. The van der Waals surface area contributed by atoms with E-state index in [2.05, 4.69) is 5.32 Å². The zero-order chi connectivity index (χ0) is 19.7. The molecule has 28 heavy (non-hydrogen) atoms. The maximum atomic E-state index is 13.4. The highest BCUT2D eigenvalue weighted by atomic mass is 35.5. The molecule has 0 spiro atoms. The van der Waals surface area contributed by atoms with Gasteiger partial charge in [0.25, 0.3) is 5.91 Å². The Hall–Kier alpha value is -3.11. The van der Waals surface area contributed by atoms with E-state index in [9.17, 15) is 9.59 Å². The van der Waals surface area contributed by atoms with E-state index in [0.29, 0.717) is 10.6 Å². The Kier molecular flexibility index (Phi) is 4.88. The second kappa shape index (κ2) is 7.49. The average Bonchev–Trinajstić information content (AvgIpc) is 2.84. The van der Waals surface area contributed by atoms with Crippen LogP contribution >= 0.6 is 11.6 Å². The molecule has 3 aromatic rings. The summed E-state index contributed by atoms with van der Waals surface area (Å²) >= 11 is 5.97. The number of carbonyl (C=O) groups excluding carboxylic acids is 2. The lowest BCUT2D eigenvalue weighted by Gasteiger charge is -2.31. The van der Waals surface area contributed by atoms with E-state index in [-0.39, 0.29) is 24.4 Å². The van der Waals surface area contributed by atoms with Gasteiger partial charge in [0, 0.05) is 21.8 Å². The number of benzene rings is 3. The SMILES string of the molecule is Cc1ccc2c(c1)[C@@H](c1ccccc1)N(C(=O)c1ccc(Cl)cc1)CC(=O)N2. The number of carbonyl (C=O) groups is 2. The largest absolute Gasteiger partial charge is 0.324 e. The third kappa shape index (κ3) is 3.51. The van der Waals surface area contributed by atoms with Crippen molar-refractivity contribution in [2.45, 2.75) is 13.0 Å². The van der Waals surface area contributed by atoms with Crippen LogP contribution in [0.15, 0.2) is 72.8 Å². The quantitative estimate of drug-likeness (QED) is 0.681. The van der Waals surface area contributed by atoms with E-state index in [1.807, 2.05) is 55.5 Å². The molecule has 1 N–H and O–H groups in total. The Bertz CT molecular complexity index is 1030. The van der Waals surface area contributed by atoms with E-state index < -0.39 is 0 Å². The first-order valence-electron chi connectivity index (χ1n) is 9.05. The molecule has 2 amide bonds. The lowest BCUT2D eigenvalue weighted by Crippen LogP contribution is -2.39. The second-order valence-corrected chi connectivity index (χ2v) is 7.33. The minimum atomic E-state index is -0.377. The minimum Gasteiger partial charge on any atom is -0.324 e. The van der Waals surface area contributed by atoms with E-state index in [1.165, 1.54) is 0 Å². The van der Waals surface area contributed by atoms with E-state index in [1.54, 1.807) is 29.2 Å². The minimum absolute atomic E-state index is 0.0330. The molecule has 1 atom stereocenters. The van der Waals surface area contributed by atoms with Crippen molar-refractivity contribution in [3.8, 4) is 0 Å². The Labute approximate surface area is 168 Å². The number of hydrogen-bond acceptors (Lipinski definition) is 2. The van der Waals surface area contributed by atoms with Crippen LogP contribution < -0.4 is 5.32 Å². The van der Waals surface area contributed by atoms with Crippen molar-refractivity contribution in [1.82, 2.24) is 4.90 Å². The van der Waals surface area contributed by atoms with E-state index in [4.69, 9.17) is 11.6 Å². The van der Waals surface area contributed by atoms with Crippen LogP contribution in [-0.2, 0) is 4.79 Å². The molecule has 0 aliphatic carbocycles. The smallest absolute Gasteiger partial charge is 0.255 e. The molecular weight excluding hydrogens is 372 g/mol. The monoisotopic (exact) mass is 390 g/mol. The summed E-state index contributed by atoms with van der Waals surface area (Å²) in [6.07, 6.45) is 0. The van der Waals surface area contributed by atoms with Crippen LogP contribution in [0.5, 0.6) is 0 Å². The summed E-state index contributed by atoms with van der Waals surface area (Å²) in [5.41, 5.74) is 4.15. The maximum absolute atomic E-state index is 13.4. The molecule has 140 valence electrons. The van der Waals surface area contributed by atoms with Crippen molar-refractivity contribution < 1.29 is 9.59 Å². The van der Waals surface area contributed by atoms with Crippen LogP contribution in [-0.4, -0.2) is 23.3 Å². The summed E-state index contributed by atoms with van der Waals surface area (Å²) in [7, 11) is 0. The summed E-state index contributed by atoms with van der Waals surface area (Å²) < 4.78 is 0. The van der Waals surface area contributed by atoms with Gasteiger partial charge in [-0.1, -0.05) is 59.6 Å². The molecule has 3 aromatic carbocycles. The van der Waals surface area contributed by atoms with Gasteiger partial charge in [-0.05, 0) is 42.8 Å². The van der Waals surface area contributed by atoms with Gasteiger partial charge in [0.15, 0.2) is 0 Å². The van der Waals surface area contributed by atoms with Crippen molar-refractivity contribution >= 4 is 29.1 Å². The molecule has 0 bridgehead atoms. The first-order chi connectivity index (χ1) is 13.5. The van der Waals surface area contributed by atoms with Gasteiger partial charge in [0.05, 0.1) is 6.04 Å².